The zero-order valence-electron chi connectivity index (χ0n) is 5.67. The van der Waals surface area contributed by atoms with Crippen LogP contribution in [0.5, 0.6) is 0 Å². The molecule has 0 saturated heterocycles. The molecule has 0 aliphatic carbocycles. The van der Waals surface area contributed by atoms with Gasteiger partial charge in [-0.2, -0.15) is 0 Å². The van der Waals surface area contributed by atoms with Gasteiger partial charge < -0.3 is 9.03 Å². The monoisotopic (exact) mass is 200 g/mol. The summed E-state index contributed by atoms with van der Waals surface area (Å²) in [6.45, 7) is 4.48. The summed E-state index contributed by atoms with van der Waals surface area (Å²) >= 11 is 8.82. The highest BCUT2D eigenvalue weighted by atomic mass is 35.5. The van der Waals surface area contributed by atoms with Crippen molar-refractivity contribution in [1.82, 2.24) is 0 Å². The Hall–Kier alpha value is -0.740. The van der Waals surface area contributed by atoms with E-state index in [4.69, 9.17) is 0 Å². The first-order chi connectivity index (χ1) is 5.04. The van der Waals surface area contributed by atoms with Gasteiger partial charge in [-0.3, -0.25) is 4.79 Å². The molecule has 0 radical (unpaired) electrons. The second-order valence-electron chi connectivity index (χ2n) is 1.09. The van der Waals surface area contributed by atoms with Crippen LogP contribution in [-0.2, 0) is 13.8 Å². The quantitative estimate of drug-likeness (QED) is 0.370. The number of rotatable bonds is 1. The first-order valence-corrected chi connectivity index (χ1v) is 2.99. The van der Waals surface area contributed by atoms with Gasteiger partial charge in [-0.1, -0.05) is 6.58 Å². The second kappa shape index (κ2) is 9.26. The molecule has 0 aliphatic heterocycles. The molecule has 0 N–H and O–H groups in total. The van der Waals surface area contributed by atoms with Crippen LogP contribution in [0.15, 0.2) is 12.8 Å². The summed E-state index contributed by atoms with van der Waals surface area (Å²) in [6, 6.07) is 0. The van der Waals surface area contributed by atoms with Crippen LogP contribution in [0.25, 0.3) is 0 Å². The largest absolute Gasteiger partial charge is 0.435 e. The van der Waals surface area contributed by atoms with Crippen LogP contribution in [0.3, 0.4) is 0 Å². The van der Waals surface area contributed by atoms with E-state index in [0.29, 0.717) is 0 Å². The molecule has 0 atom stereocenters. The van der Waals surface area contributed by atoms with Crippen LogP contribution >= 0.6 is 23.5 Å². The molecule has 6 heteroatoms. The molecule has 0 spiro atoms. The Labute approximate surface area is 73.8 Å². The molecule has 0 unspecified atom stereocenters. The number of hydrogen-bond acceptors (Lipinski definition) is 4. The standard InChI is InChI=1S/C4H6O2.CCl2O2/c1-3-6-4(2)5;2-1(4)5-3/h3H,1H2,2H3;. The number of ether oxygens (including phenoxy) is 1. The number of esters is 1. The van der Waals surface area contributed by atoms with Crippen molar-refractivity contribution in [2.24, 2.45) is 0 Å². The van der Waals surface area contributed by atoms with Gasteiger partial charge in [0.05, 0.1) is 6.26 Å². The summed E-state index contributed by atoms with van der Waals surface area (Å²) in [5.41, 5.74) is -1.01. The second-order valence-corrected chi connectivity index (χ2v) is 1.55. The van der Waals surface area contributed by atoms with E-state index >= 15 is 0 Å². The average Bonchev–Trinajstić information content (AvgIpc) is 1.89. The minimum Gasteiger partial charge on any atom is -0.435 e. The maximum absolute atomic E-state index is 9.75. The van der Waals surface area contributed by atoms with Crippen molar-refractivity contribution in [2.75, 3.05) is 0 Å². The van der Waals surface area contributed by atoms with E-state index in [2.05, 4.69) is 39.1 Å². The first kappa shape index (κ1) is 12.9. The van der Waals surface area contributed by atoms with Crippen molar-refractivity contribution < 1.29 is 18.6 Å². The number of hydrogen-bond donors (Lipinski definition) is 0. The zero-order valence-corrected chi connectivity index (χ0v) is 7.19. The lowest BCUT2D eigenvalue weighted by Gasteiger charge is -1.83. The summed E-state index contributed by atoms with van der Waals surface area (Å²) in [7, 11) is 0. The zero-order chi connectivity index (χ0) is 9.28. The average molecular weight is 201 g/mol. The lowest BCUT2D eigenvalue weighted by atomic mass is 10.8. The molecule has 4 nitrogen and oxygen atoms in total. The Morgan fingerprint density at radius 3 is 1.91 bits per heavy atom. The fourth-order valence-electron chi connectivity index (χ4n) is 0.117. The number of halogens is 2. The topological polar surface area (TPSA) is 52.6 Å². The van der Waals surface area contributed by atoms with Crippen LogP contribution in [0, 0.1) is 0 Å². The van der Waals surface area contributed by atoms with E-state index in [-0.39, 0.29) is 5.97 Å². The maximum atomic E-state index is 9.75. The predicted molar refractivity (Wildman–Crippen MR) is 40.2 cm³/mol. The van der Waals surface area contributed by atoms with Crippen LogP contribution in [0.1, 0.15) is 6.92 Å². The molecular formula is C5H6Cl2O4. The molecule has 0 fully saturated rings. The van der Waals surface area contributed by atoms with Gasteiger partial charge in [0.2, 0.25) is 0 Å². The van der Waals surface area contributed by atoms with Gasteiger partial charge in [-0.25, -0.2) is 4.79 Å². The molecule has 0 bridgehead atoms. The fraction of sp³-hybridized carbons (Fsp3) is 0.200. The van der Waals surface area contributed by atoms with Crippen molar-refractivity contribution in [2.45, 2.75) is 6.92 Å². The minimum absolute atomic E-state index is 0.329. The van der Waals surface area contributed by atoms with Gasteiger partial charge in [-0.05, 0) is 0 Å². The van der Waals surface area contributed by atoms with Gasteiger partial charge >= 0.3 is 11.4 Å². The number of carbonyl (C=O) groups excluding carboxylic acids is 2. The first-order valence-electron chi connectivity index (χ1n) is 2.30. The molecule has 0 aromatic rings. The molecular weight excluding hydrogens is 195 g/mol. The lowest BCUT2D eigenvalue weighted by Crippen LogP contribution is -1.87. The van der Waals surface area contributed by atoms with E-state index in [1.807, 2.05) is 0 Å². The Kier molecular flexibility index (Phi) is 10.9. The van der Waals surface area contributed by atoms with Crippen molar-refractivity contribution in [3.05, 3.63) is 12.8 Å². The predicted octanol–water partition coefficient (Wildman–Crippen LogP) is 2.21. The summed E-state index contributed by atoms with van der Waals surface area (Å²) in [5, 5.41) is 0. The molecule has 0 amide bonds. The highest BCUT2D eigenvalue weighted by Gasteiger charge is 1.84. The maximum Gasteiger partial charge on any atom is 0.421 e. The summed E-state index contributed by atoms with van der Waals surface area (Å²) in [5.74, 6) is -0.329. The lowest BCUT2D eigenvalue weighted by molar-refractivity contribution is -0.135. The molecule has 64 valence electrons. The van der Waals surface area contributed by atoms with E-state index < -0.39 is 5.43 Å². The van der Waals surface area contributed by atoms with E-state index in [1.54, 1.807) is 0 Å². The van der Waals surface area contributed by atoms with Crippen molar-refractivity contribution in [3.8, 4) is 0 Å². The Balaban J connectivity index is 0. The van der Waals surface area contributed by atoms with Crippen LogP contribution in [0.4, 0.5) is 4.79 Å². The van der Waals surface area contributed by atoms with E-state index in [1.165, 1.54) is 6.92 Å². The third kappa shape index (κ3) is 26.9. The van der Waals surface area contributed by atoms with Crippen molar-refractivity contribution in [3.63, 3.8) is 0 Å². The van der Waals surface area contributed by atoms with Crippen LogP contribution < -0.4 is 0 Å². The van der Waals surface area contributed by atoms with Crippen molar-refractivity contribution >= 4 is 34.9 Å². The fourth-order valence-corrected chi connectivity index (χ4v) is 0.117. The van der Waals surface area contributed by atoms with Gasteiger partial charge in [0.1, 0.15) is 11.9 Å². The van der Waals surface area contributed by atoms with Gasteiger partial charge in [0.15, 0.2) is 0 Å². The normalized spacial score (nSPS) is 6.82. The summed E-state index contributed by atoms with van der Waals surface area (Å²) in [6.07, 6.45) is 1.10. The van der Waals surface area contributed by atoms with E-state index in [0.717, 1.165) is 6.26 Å². The smallest absolute Gasteiger partial charge is 0.421 e. The minimum atomic E-state index is -1.01. The van der Waals surface area contributed by atoms with Crippen LogP contribution in [-0.4, -0.2) is 11.4 Å². The highest BCUT2D eigenvalue weighted by Crippen LogP contribution is 1.87. The molecule has 0 aromatic heterocycles. The molecule has 0 aliphatic rings. The van der Waals surface area contributed by atoms with Gasteiger partial charge in [0.25, 0.3) is 0 Å². The Morgan fingerprint density at radius 1 is 1.55 bits per heavy atom. The SMILES string of the molecule is C=COC(C)=O.O=C(Cl)OCl. The highest BCUT2D eigenvalue weighted by molar-refractivity contribution is 6.62. The van der Waals surface area contributed by atoms with E-state index in [9.17, 15) is 9.59 Å². The molecule has 0 heterocycles. The molecule has 0 saturated carbocycles. The Bertz CT molecular complexity index is 145. The third-order valence-corrected chi connectivity index (χ3v) is 0.606. The van der Waals surface area contributed by atoms with Gasteiger partial charge in [-0.15, -0.1) is 0 Å². The van der Waals surface area contributed by atoms with Crippen molar-refractivity contribution in [1.29, 1.82) is 0 Å². The summed E-state index contributed by atoms with van der Waals surface area (Å²) < 4.78 is 7.52. The molecule has 11 heavy (non-hydrogen) atoms. The Morgan fingerprint density at radius 2 is 1.91 bits per heavy atom. The third-order valence-electron chi connectivity index (χ3n) is 0.310. The van der Waals surface area contributed by atoms with Gasteiger partial charge in [0, 0.05) is 18.5 Å². The summed E-state index contributed by atoms with van der Waals surface area (Å²) in [4.78, 5) is 19.0. The molecule has 0 aromatic carbocycles. The molecule has 0 rings (SSSR count). The van der Waals surface area contributed by atoms with Crippen LogP contribution in [0.2, 0.25) is 0 Å². The number of carbonyl (C=O) groups is 2.